The molecule has 0 aliphatic heterocycles. The maximum atomic E-state index is 3.63. The molecule has 0 aromatic carbocycles. The summed E-state index contributed by atoms with van der Waals surface area (Å²) in [5.41, 5.74) is 0. The van der Waals surface area contributed by atoms with E-state index in [-0.39, 0.29) is 0 Å². The van der Waals surface area contributed by atoms with Crippen LogP contribution in [0, 0.1) is 0 Å². The van der Waals surface area contributed by atoms with Gasteiger partial charge in [-0.3, -0.25) is 0 Å². The van der Waals surface area contributed by atoms with E-state index in [0.29, 0.717) is 6.04 Å². The topological polar surface area (TPSA) is 12.0 Å². The zero-order valence-electron chi connectivity index (χ0n) is 10.6. The van der Waals surface area contributed by atoms with Crippen LogP contribution in [0.1, 0.15) is 30.0 Å². The highest BCUT2D eigenvalue weighted by atomic mass is 32.2. The first-order valence-electron chi connectivity index (χ1n) is 6.10. The van der Waals surface area contributed by atoms with Gasteiger partial charge in [0.1, 0.15) is 0 Å². The van der Waals surface area contributed by atoms with Crippen molar-refractivity contribution < 1.29 is 0 Å². The minimum Gasteiger partial charge on any atom is -0.313 e. The highest BCUT2D eigenvalue weighted by molar-refractivity contribution is 7.98. The second-order valence-corrected chi connectivity index (χ2v) is 6.20. The molecule has 0 spiro atoms. The van der Waals surface area contributed by atoms with Crippen LogP contribution in [0.3, 0.4) is 0 Å². The molecule has 3 heteroatoms. The van der Waals surface area contributed by atoms with Gasteiger partial charge in [-0.2, -0.15) is 11.8 Å². The molecule has 1 atom stereocenters. The van der Waals surface area contributed by atoms with Crippen molar-refractivity contribution in [2.75, 3.05) is 18.6 Å². The lowest BCUT2D eigenvalue weighted by atomic mass is 10.2. The Hall–Kier alpha value is 0.01000. The van der Waals surface area contributed by atoms with Crippen LogP contribution in [0.4, 0.5) is 0 Å². The van der Waals surface area contributed by atoms with E-state index < -0.39 is 0 Å². The lowest BCUT2D eigenvalue weighted by molar-refractivity contribution is 0.553. The fourth-order valence-corrected chi connectivity index (χ4v) is 3.38. The number of thiophene rings is 1. The monoisotopic (exact) mass is 257 g/mol. The highest BCUT2D eigenvalue weighted by Crippen LogP contribution is 2.19. The van der Waals surface area contributed by atoms with Gasteiger partial charge in [0.25, 0.3) is 0 Å². The van der Waals surface area contributed by atoms with E-state index in [1.54, 1.807) is 0 Å². The summed E-state index contributed by atoms with van der Waals surface area (Å²) in [4.78, 5) is 3.04. The Balaban J connectivity index is 2.46. The Kier molecular flexibility index (Phi) is 7.17. The number of rotatable bonds is 8. The summed E-state index contributed by atoms with van der Waals surface area (Å²) < 4.78 is 0. The van der Waals surface area contributed by atoms with Crippen LogP contribution in [0.5, 0.6) is 0 Å². The van der Waals surface area contributed by atoms with Crippen molar-refractivity contribution in [3.8, 4) is 0 Å². The lowest BCUT2D eigenvalue weighted by Crippen LogP contribution is -2.33. The molecule has 1 unspecified atom stereocenters. The van der Waals surface area contributed by atoms with Crippen LogP contribution in [0.15, 0.2) is 12.1 Å². The Morgan fingerprint density at radius 2 is 2.06 bits per heavy atom. The SMILES string of the molecule is CCCNC(CSC)Cc1ccc(CC)s1. The number of hydrogen-bond acceptors (Lipinski definition) is 3. The molecule has 0 fully saturated rings. The second kappa shape index (κ2) is 8.15. The van der Waals surface area contributed by atoms with Crippen molar-refractivity contribution in [2.24, 2.45) is 0 Å². The van der Waals surface area contributed by atoms with Crippen LogP contribution >= 0.6 is 23.1 Å². The molecule has 1 nitrogen and oxygen atoms in total. The van der Waals surface area contributed by atoms with Gasteiger partial charge in [0, 0.05) is 21.5 Å². The zero-order valence-corrected chi connectivity index (χ0v) is 12.2. The molecular weight excluding hydrogens is 234 g/mol. The maximum absolute atomic E-state index is 3.63. The van der Waals surface area contributed by atoms with Gasteiger partial charge in [-0.15, -0.1) is 11.3 Å². The van der Waals surface area contributed by atoms with Gasteiger partial charge in [0.2, 0.25) is 0 Å². The molecular formula is C13H23NS2. The average Bonchev–Trinajstić information content (AvgIpc) is 2.74. The fraction of sp³-hybridized carbons (Fsp3) is 0.692. The summed E-state index contributed by atoms with van der Waals surface area (Å²) in [6, 6.07) is 5.21. The largest absolute Gasteiger partial charge is 0.313 e. The molecule has 16 heavy (non-hydrogen) atoms. The van der Waals surface area contributed by atoms with Crippen molar-refractivity contribution in [3.05, 3.63) is 21.9 Å². The minimum atomic E-state index is 0.637. The van der Waals surface area contributed by atoms with Crippen LogP contribution in [0.25, 0.3) is 0 Å². The van der Waals surface area contributed by atoms with E-state index >= 15 is 0 Å². The van der Waals surface area contributed by atoms with Crippen molar-refractivity contribution in [1.82, 2.24) is 5.32 Å². The van der Waals surface area contributed by atoms with Gasteiger partial charge in [0.15, 0.2) is 0 Å². The molecule has 0 saturated carbocycles. The number of aryl methyl sites for hydroxylation is 1. The quantitative estimate of drug-likeness (QED) is 0.764. The first-order chi connectivity index (χ1) is 7.80. The molecule has 0 aliphatic rings. The molecule has 92 valence electrons. The molecule has 1 aromatic heterocycles. The number of thioether (sulfide) groups is 1. The third kappa shape index (κ3) is 4.89. The van der Waals surface area contributed by atoms with Crippen molar-refractivity contribution in [2.45, 2.75) is 39.2 Å². The Morgan fingerprint density at radius 3 is 2.62 bits per heavy atom. The number of hydrogen-bond donors (Lipinski definition) is 1. The molecule has 0 amide bonds. The molecule has 1 heterocycles. The predicted molar refractivity (Wildman–Crippen MR) is 77.9 cm³/mol. The molecule has 1 N–H and O–H groups in total. The summed E-state index contributed by atoms with van der Waals surface area (Å²) in [7, 11) is 0. The minimum absolute atomic E-state index is 0.637. The van der Waals surface area contributed by atoms with E-state index in [1.165, 1.54) is 34.8 Å². The standard InChI is InChI=1S/C13H23NS2/c1-4-8-14-11(10-15-3)9-13-7-6-12(5-2)16-13/h6-7,11,14H,4-5,8-10H2,1-3H3. The Labute approximate surface area is 108 Å². The first-order valence-corrected chi connectivity index (χ1v) is 8.31. The Morgan fingerprint density at radius 1 is 1.31 bits per heavy atom. The van der Waals surface area contributed by atoms with Crippen molar-refractivity contribution in [1.29, 1.82) is 0 Å². The van der Waals surface area contributed by atoms with Crippen molar-refractivity contribution in [3.63, 3.8) is 0 Å². The third-order valence-corrected chi connectivity index (χ3v) is 4.55. The smallest absolute Gasteiger partial charge is 0.0206 e. The van der Waals surface area contributed by atoms with E-state index in [0.717, 1.165) is 6.54 Å². The summed E-state index contributed by atoms with van der Waals surface area (Å²) in [5, 5.41) is 3.63. The van der Waals surface area contributed by atoms with Gasteiger partial charge in [-0.25, -0.2) is 0 Å². The summed E-state index contributed by atoms with van der Waals surface area (Å²) >= 11 is 3.91. The zero-order chi connectivity index (χ0) is 11.8. The summed E-state index contributed by atoms with van der Waals surface area (Å²) in [6.07, 6.45) is 5.76. The normalized spacial score (nSPS) is 12.9. The van der Waals surface area contributed by atoms with E-state index in [2.05, 4.69) is 37.6 Å². The van der Waals surface area contributed by atoms with Gasteiger partial charge < -0.3 is 5.32 Å². The summed E-state index contributed by atoms with van der Waals surface area (Å²) in [6.45, 7) is 5.59. The molecule has 0 aliphatic carbocycles. The molecule has 1 aromatic rings. The average molecular weight is 257 g/mol. The summed E-state index contributed by atoms with van der Waals surface area (Å²) in [5.74, 6) is 1.21. The number of nitrogens with one attached hydrogen (secondary N) is 1. The second-order valence-electron chi connectivity index (χ2n) is 4.03. The van der Waals surface area contributed by atoms with Crippen LogP contribution in [-0.4, -0.2) is 24.6 Å². The van der Waals surface area contributed by atoms with Gasteiger partial charge in [-0.05, 0) is 44.2 Å². The molecule has 0 radical (unpaired) electrons. The van der Waals surface area contributed by atoms with Gasteiger partial charge >= 0.3 is 0 Å². The Bertz CT molecular complexity index is 283. The molecule has 0 saturated heterocycles. The fourth-order valence-electron chi connectivity index (χ4n) is 1.70. The predicted octanol–water partition coefficient (Wildman–Crippen LogP) is 3.58. The van der Waals surface area contributed by atoms with E-state index in [1.807, 2.05) is 23.1 Å². The maximum Gasteiger partial charge on any atom is 0.0206 e. The highest BCUT2D eigenvalue weighted by Gasteiger charge is 2.09. The van der Waals surface area contributed by atoms with Gasteiger partial charge in [0.05, 0.1) is 0 Å². The van der Waals surface area contributed by atoms with Crippen molar-refractivity contribution >= 4 is 23.1 Å². The van der Waals surface area contributed by atoms with Crippen LogP contribution in [-0.2, 0) is 12.8 Å². The molecule has 0 bridgehead atoms. The third-order valence-electron chi connectivity index (χ3n) is 2.56. The van der Waals surface area contributed by atoms with E-state index in [9.17, 15) is 0 Å². The van der Waals surface area contributed by atoms with Gasteiger partial charge in [-0.1, -0.05) is 13.8 Å². The molecule has 1 rings (SSSR count). The van der Waals surface area contributed by atoms with Crippen LogP contribution < -0.4 is 5.32 Å². The van der Waals surface area contributed by atoms with E-state index in [4.69, 9.17) is 0 Å². The first kappa shape index (κ1) is 14.1. The van der Waals surface area contributed by atoms with Crippen LogP contribution in [0.2, 0.25) is 0 Å². The lowest BCUT2D eigenvalue weighted by Gasteiger charge is -2.16.